The molecule has 2 heterocycles. The molecule has 498 valence electrons. The molecule has 0 aromatic rings. The van der Waals surface area contributed by atoms with E-state index in [0.29, 0.717) is 11.1 Å². The zero-order valence-electron chi connectivity index (χ0n) is 53.5. The van der Waals surface area contributed by atoms with E-state index in [-0.39, 0.29) is 103 Å². The zero-order valence-corrected chi connectivity index (χ0v) is 53.5. The number of ether oxygens (including phenoxy) is 9. The molecule has 2 aliphatic carbocycles. The van der Waals surface area contributed by atoms with Crippen LogP contribution in [0.1, 0.15) is 81.1 Å². The topological polar surface area (TPSA) is 391 Å². The molecule has 0 aromatic heterocycles. The highest BCUT2D eigenvalue weighted by Gasteiger charge is 2.36. The van der Waals surface area contributed by atoms with E-state index in [0.717, 1.165) is 12.2 Å². The number of esters is 2. The van der Waals surface area contributed by atoms with Gasteiger partial charge in [-0.1, -0.05) is 76.3 Å². The first-order valence-corrected chi connectivity index (χ1v) is 29.4. The lowest BCUT2D eigenvalue weighted by Gasteiger charge is -2.30. The minimum atomic E-state index is -1.11. The Balaban J connectivity index is 1.40. The highest BCUT2D eigenvalue weighted by molar-refractivity contribution is 6.24. The molecule has 11 unspecified atom stereocenters. The van der Waals surface area contributed by atoms with Gasteiger partial charge >= 0.3 is 24.1 Å². The van der Waals surface area contributed by atoms with Crippen molar-refractivity contribution in [1.82, 2.24) is 21.3 Å². The Hall–Kier alpha value is -8.47. The molecule has 9 N–H and O–H groups in total. The number of amides is 4. The van der Waals surface area contributed by atoms with Crippen molar-refractivity contribution in [3.05, 3.63) is 117 Å². The quantitative estimate of drug-likeness (QED) is 0.0341. The van der Waals surface area contributed by atoms with E-state index < -0.39 is 139 Å². The van der Waals surface area contributed by atoms with Crippen LogP contribution in [0.4, 0.5) is 9.59 Å². The van der Waals surface area contributed by atoms with Crippen molar-refractivity contribution < 1.29 is 100 Å². The molecule has 0 spiro atoms. The van der Waals surface area contributed by atoms with Gasteiger partial charge in [0.05, 0.1) is 35.0 Å². The number of hydrogen-bond acceptors (Lipinski definition) is 23. The Morgan fingerprint density at radius 1 is 0.604 bits per heavy atom. The molecule has 27 heteroatoms. The first-order valence-electron chi connectivity index (χ1n) is 29.4. The van der Waals surface area contributed by atoms with Gasteiger partial charge in [0.15, 0.2) is 18.0 Å². The number of nitrogens with two attached hydrogens (primary N) is 2. The molecule has 4 amide bonds. The van der Waals surface area contributed by atoms with Crippen molar-refractivity contribution in [1.29, 1.82) is 0 Å². The van der Waals surface area contributed by atoms with Crippen molar-refractivity contribution in [3.8, 4) is 0 Å². The van der Waals surface area contributed by atoms with Gasteiger partial charge in [-0.25, -0.2) is 19.2 Å². The molecule has 0 aromatic carbocycles. The summed E-state index contributed by atoms with van der Waals surface area (Å²) in [6, 6.07) is 0. The molecule has 0 radical (unpaired) electrons. The van der Waals surface area contributed by atoms with E-state index in [1.807, 2.05) is 0 Å². The average Bonchev–Trinajstić information content (AvgIpc) is 1.31. The second-order valence-electron chi connectivity index (χ2n) is 22.4. The van der Waals surface area contributed by atoms with Crippen LogP contribution in [0, 0.1) is 23.7 Å². The number of hydrogen-bond donors (Lipinski definition) is 7. The van der Waals surface area contributed by atoms with Crippen molar-refractivity contribution in [2.45, 2.75) is 124 Å². The molecule has 27 nitrogen and oxygen atoms in total. The highest BCUT2D eigenvalue weighted by atomic mass is 16.6. The van der Waals surface area contributed by atoms with E-state index in [1.54, 1.807) is 53.7 Å². The Bertz CT molecular complexity index is 3090. The number of allylic oxidation sites excluding steroid dienone is 9. The maximum Gasteiger partial charge on any atom is 0.405 e. The van der Waals surface area contributed by atoms with Crippen LogP contribution in [-0.4, -0.2) is 181 Å². The van der Waals surface area contributed by atoms with Crippen LogP contribution in [0.3, 0.4) is 0 Å². The van der Waals surface area contributed by atoms with Crippen LogP contribution < -0.4 is 32.7 Å². The smallest absolute Gasteiger partial charge is 0.405 e. The number of carbonyl (C=O) groups excluding carboxylic acids is 11. The maximum absolute atomic E-state index is 14.1. The minimum absolute atomic E-state index is 0.00837. The fourth-order valence-corrected chi connectivity index (χ4v) is 10.4. The number of primary amides is 2. The van der Waals surface area contributed by atoms with Crippen molar-refractivity contribution >= 4 is 64.9 Å². The van der Waals surface area contributed by atoms with Crippen LogP contribution in [-0.2, 0) is 85.8 Å². The third-order valence-corrected chi connectivity index (χ3v) is 15.2. The Morgan fingerprint density at radius 2 is 1.03 bits per heavy atom. The number of ketones is 5. The van der Waals surface area contributed by atoms with Gasteiger partial charge in [-0.05, 0) is 76.4 Å². The molecule has 91 heavy (non-hydrogen) atoms. The number of nitrogens with one attached hydrogen (secondary N) is 4. The third kappa shape index (κ3) is 22.5. The first kappa shape index (κ1) is 75.0. The lowest BCUT2D eigenvalue weighted by molar-refractivity contribution is -0.155. The summed E-state index contributed by atoms with van der Waals surface area (Å²) in [4.78, 5) is 146. The molecule has 4 aliphatic rings. The van der Waals surface area contributed by atoms with Crippen LogP contribution in [0.15, 0.2) is 117 Å². The normalized spacial score (nSPS) is 29.4. The molecule has 0 fully saturated rings. The van der Waals surface area contributed by atoms with Crippen LogP contribution in [0.25, 0.3) is 0 Å². The van der Waals surface area contributed by atoms with Gasteiger partial charge in [0.1, 0.15) is 44.7 Å². The summed E-state index contributed by atoms with van der Waals surface area (Å²) in [5, 5.41) is 22.3. The molecule has 2 aliphatic heterocycles. The summed E-state index contributed by atoms with van der Waals surface area (Å²) in [5.74, 6) is -8.50. The molecule has 4 rings (SSSR count). The summed E-state index contributed by atoms with van der Waals surface area (Å²) in [6.07, 6.45) is 5.35. The van der Waals surface area contributed by atoms with Crippen LogP contribution in [0.5, 0.6) is 0 Å². The highest BCUT2D eigenvalue weighted by Crippen LogP contribution is 2.31. The lowest BCUT2D eigenvalue weighted by atomic mass is 9.85. The van der Waals surface area contributed by atoms with Gasteiger partial charge in [0, 0.05) is 87.8 Å². The summed E-state index contributed by atoms with van der Waals surface area (Å²) in [7, 11) is 5.53. The minimum Gasteiger partial charge on any atom is -0.462 e. The molecule has 0 saturated carbocycles. The van der Waals surface area contributed by atoms with E-state index >= 15 is 0 Å². The number of fused-ring (bicyclic) bond motifs is 4. The average molecular weight is 1280 g/mol. The van der Waals surface area contributed by atoms with Crippen LogP contribution >= 0.6 is 0 Å². The van der Waals surface area contributed by atoms with Gasteiger partial charge in [-0.2, -0.15) is 0 Å². The monoisotopic (exact) mass is 1270 g/mol. The molecular formula is C64H86N6O21. The Labute approximate surface area is 528 Å². The van der Waals surface area contributed by atoms with Gasteiger partial charge in [0.2, 0.25) is 23.1 Å². The van der Waals surface area contributed by atoms with Crippen molar-refractivity contribution in [2.24, 2.45) is 35.1 Å². The fourth-order valence-electron chi connectivity index (χ4n) is 10.4. The summed E-state index contributed by atoms with van der Waals surface area (Å²) < 4.78 is 49.0. The number of rotatable bonds is 18. The number of methoxy groups -OCH3 is 4. The number of aliphatic hydroxyl groups excluding tert-OH is 1. The predicted molar refractivity (Wildman–Crippen MR) is 327 cm³/mol. The largest absolute Gasteiger partial charge is 0.462 e. The first-order chi connectivity index (χ1) is 43.0. The molecule has 11 atom stereocenters. The summed E-state index contributed by atoms with van der Waals surface area (Å²) >= 11 is 0. The molecular weight excluding hydrogens is 1190 g/mol. The Morgan fingerprint density at radius 3 is 1.44 bits per heavy atom. The van der Waals surface area contributed by atoms with Crippen LogP contribution in [0.2, 0.25) is 0 Å². The second-order valence-corrected chi connectivity index (χ2v) is 22.4. The number of aliphatic hydroxyl groups is 1. The summed E-state index contributed by atoms with van der Waals surface area (Å²) in [5.41, 5.74) is 11.1. The van der Waals surface area contributed by atoms with Gasteiger partial charge in [-0.3, -0.25) is 33.6 Å². The zero-order chi connectivity index (χ0) is 67.8. The van der Waals surface area contributed by atoms with Crippen molar-refractivity contribution in [3.63, 3.8) is 0 Å². The fraction of sp³-hybridized carbons (Fsp3) is 0.516. The molecule has 0 saturated heterocycles. The predicted octanol–water partition coefficient (Wildman–Crippen LogP) is 3.03. The second kappa shape index (κ2) is 36.4. The lowest BCUT2D eigenvalue weighted by Crippen LogP contribution is -2.38. The van der Waals surface area contributed by atoms with Gasteiger partial charge in [0.25, 0.3) is 11.8 Å². The number of Topliss-reactive ketones (excluding diaryl/α,β-unsaturated/α-hetero) is 3. The van der Waals surface area contributed by atoms with E-state index in [9.17, 15) is 57.8 Å². The van der Waals surface area contributed by atoms with Gasteiger partial charge in [-0.15, -0.1) is 0 Å². The maximum atomic E-state index is 14.1. The van der Waals surface area contributed by atoms with Crippen molar-refractivity contribution in [2.75, 3.05) is 68.0 Å². The van der Waals surface area contributed by atoms with E-state index in [4.69, 9.17) is 54.1 Å². The van der Waals surface area contributed by atoms with E-state index in [1.165, 1.54) is 78.7 Å². The van der Waals surface area contributed by atoms with E-state index in [2.05, 4.69) is 21.3 Å². The number of carbonyl (C=O) groups is 11. The molecule has 4 bridgehead atoms. The third-order valence-electron chi connectivity index (χ3n) is 15.2. The standard InChI is InChI=1S/C64H86N6O21/c1-33-23-41-53(45(71)29-43(57(41)77)69-61(79)35(3)15-13-17-47(83-9)59(90-63(65)81)39(7)27-37(5)55(75)49(25-33)85-11)67-19-21-88-51(73)31-87-32-52(74)89-22-20-68-54-42-24-34(2)26-50(86-12)56(76)38(6)28-40(8)60(91-64(66)82)48(84-10)18-14-16-36(4)62(80)70-44(58(42)78)30-46(54)72/h13-18,27-30,33-34,37-38,47-50,55,59-60,67-68,75H,19-26,31-32H2,1-12H3,(H2,65,81)(H2,66,82)(H,69,79)(H,70,80)/b17-13-,18-14-,35-15+,36-16+,39-27+,40-28+. The SMILES string of the molecule is COC1CC(C)CC2=C(NCCOC(=O)COCC(=O)OCCNC3=C4CC(C)CC(OC)C(O)C(C)/C=C(\C)C(OC(N)=O)C(OC)/C=C\C=C(/C)C(=O)NC(=CC3=O)C4=O)C(=O)C=C(NC(=O)/C(C)=C/C=C\C(OC)C(OC(N)=O)/C(C)=C/C(C)C1=O)C2=O. The Kier molecular flexibility index (Phi) is 30.0. The summed E-state index contributed by atoms with van der Waals surface area (Å²) in [6.45, 7) is 10.7. The van der Waals surface area contributed by atoms with Gasteiger partial charge < -0.3 is 80.5 Å².